The number of hydrogen-bond acceptors (Lipinski definition) is 5. The highest BCUT2D eigenvalue weighted by atomic mass is 32.2. The van der Waals surface area contributed by atoms with E-state index in [0.717, 1.165) is 17.4 Å². The van der Waals surface area contributed by atoms with Crippen molar-refractivity contribution in [3.05, 3.63) is 89.8 Å². The van der Waals surface area contributed by atoms with Gasteiger partial charge in [-0.25, -0.2) is 9.89 Å². The Morgan fingerprint density at radius 1 is 1.00 bits per heavy atom. The number of nitrogens with zero attached hydrogens (tertiary/aromatic N) is 2. The number of benzene rings is 3. The molecule has 0 amide bonds. The SMILES string of the molecule is [O-][NH+](O)c1ccc(SCC(O)(c2ccc3c(cnn3-c3ccccc3)c2)C(F)(F)F)cc1. The maximum Gasteiger partial charge on any atom is 0.422 e. The molecule has 4 rings (SSSR count). The number of fused-ring (bicyclic) bond motifs is 1. The van der Waals surface area contributed by atoms with Crippen molar-refractivity contribution in [1.82, 2.24) is 9.78 Å². The van der Waals surface area contributed by atoms with Gasteiger partial charge < -0.3 is 10.3 Å². The van der Waals surface area contributed by atoms with Gasteiger partial charge in [0.2, 0.25) is 0 Å². The number of aromatic nitrogens is 2. The molecule has 0 radical (unpaired) electrons. The highest BCUT2D eigenvalue weighted by molar-refractivity contribution is 7.99. The van der Waals surface area contributed by atoms with Crippen LogP contribution in [0.25, 0.3) is 16.6 Å². The standard InChI is InChI=1S/C22H18F3N3O3S/c23-22(24,25)21(29,14-32-19-9-7-18(8-10-19)28(30)31)16-6-11-20-15(12-16)13-26-27(20)17-4-2-1-3-5-17/h1-13,28-30H,14H2. The number of hydrogen-bond donors (Lipinski definition) is 3. The van der Waals surface area contributed by atoms with Gasteiger partial charge in [-0.05, 0) is 42.0 Å². The predicted octanol–water partition coefficient (Wildman–Crippen LogP) is 3.97. The molecule has 1 heterocycles. The van der Waals surface area contributed by atoms with Crippen molar-refractivity contribution in [3.63, 3.8) is 0 Å². The fourth-order valence-corrected chi connectivity index (χ4v) is 4.31. The minimum absolute atomic E-state index is 0.0290. The smallest absolute Gasteiger partial charge is 0.422 e. The zero-order chi connectivity index (χ0) is 22.9. The van der Waals surface area contributed by atoms with Gasteiger partial charge in [-0.3, -0.25) is 0 Å². The maximum absolute atomic E-state index is 14.0. The van der Waals surface area contributed by atoms with Gasteiger partial charge in [0.1, 0.15) is 0 Å². The Labute approximate surface area is 185 Å². The van der Waals surface area contributed by atoms with Crippen molar-refractivity contribution in [2.45, 2.75) is 16.7 Å². The summed E-state index contributed by atoms with van der Waals surface area (Å²) in [6.45, 7) is 0. The molecule has 10 heteroatoms. The molecular weight excluding hydrogens is 443 g/mol. The first-order valence-corrected chi connectivity index (χ1v) is 10.5. The predicted molar refractivity (Wildman–Crippen MR) is 114 cm³/mol. The first kappa shape index (κ1) is 22.3. The summed E-state index contributed by atoms with van der Waals surface area (Å²) in [6.07, 6.45) is -3.47. The van der Waals surface area contributed by atoms with Gasteiger partial charge in [-0.1, -0.05) is 24.3 Å². The third kappa shape index (κ3) is 4.23. The maximum atomic E-state index is 14.0. The van der Waals surface area contributed by atoms with E-state index in [1.807, 2.05) is 30.3 Å². The Bertz CT molecular complexity index is 1210. The molecular formula is C22H18F3N3O3S. The van der Waals surface area contributed by atoms with E-state index < -0.39 is 22.8 Å². The summed E-state index contributed by atoms with van der Waals surface area (Å²) < 4.78 is 43.5. The molecule has 0 aliphatic rings. The second-order valence-corrected chi connectivity index (χ2v) is 8.19. The molecule has 0 aliphatic heterocycles. The summed E-state index contributed by atoms with van der Waals surface area (Å²) in [5.74, 6) is -0.693. The van der Waals surface area contributed by atoms with Crippen LogP contribution in [0.2, 0.25) is 0 Å². The van der Waals surface area contributed by atoms with Crippen molar-refractivity contribution in [2.75, 3.05) is 5.75 Å². The average Bonchev–Trinajstić information content (AvgIpc) is 3.21. The number of alkyl halides is 3. The van der Waals surface area contributed by atoms with Crippen molar-refractivity contribution in [3.8, 4) is 5.69 Å². The fourth-order valence-electron chi connectivity index (χ4n) is 3.28. The molecule has 0 aliphatic carbocycles. The van der Waals surface area contributed by atoms with Crippen LogP contribution in [-0.4, -0.2) is 32.0 Å². The van der Waals surface area contributed by atoms with Crippen LogP contribution in [0.15, 0.2) is 83.9 Å². The van der Waals surface area contributed by atoms with E-state index in [9.17, 15) is 23.5 Å². The molecule has 0 fully saturated rings. The van der Waals surface area contributed by atoms with E-state index in [1.165, 1.54) is 48.7 Å². The van der Waals surface area contributed by atoms with Crippen LogP contribution < -0.4 is 5.23 Å². The zero-order valence-corrected chi connectivity index (χ0v) is 17.3. The van der Waals surface area contributed by atoms with E-state index in [1.54, 1.807) is 4.68 Å². The first-order valence-electron chi connectivity index (χ1n) is 9.48. The number of quaternary nitrogens is 1. The normalized spacial score (nSPS) is 14.9. The first-order chi connectivity index (χ1) is 15.2. The summed E-state index contributed by atoms with van der Waals surface area (Å²) in [7, 11) is 0. The molecule has 6 nitrogen and oxygen atoms in total. The summed E-state index contributed by atoms with van der Waals surface area (Å²) in [5.41, 5.74) is -1.99. The zero-order valence-electron chi connectivity index (χ0n) is 16.5. The molecule has 166 valence electrons. The summed E-state index contributed by atoms with van der Waals surface area (Å²) >= 11 is 0.793. The van der Waals surface area contributed by atoms with Gasteiger partial charge in [-0.15, -0.1) is 11.8 Å². The van der Waals surface area contributed by atoms with Crippen molar-refractivity contribution < 1.29 is 28.7 Å². The van der Waals surface area contributed by atoms with Gasteiger partial charge in [0.05, 0.1) is 17.4 Å². The highest BCUT2D eigenvalue weighted by Gasteiger charge is 2.55. The molecule has 0 saturated carbocycles. The Balaban J connectivity index is 1.65. The van der Waals surface area contributed by atoms with E-state index >= 15 is 0 Å². The Hall–Kier alpha value is -2.89. The molecule has 0 spiro atoms. The molecule has 2 atom stereocenters. The Morgan fingerprint density at radius 3 is 2.31 bits per heavy atom. The van der Waals surface area contributed by atoms with Crippen LogP contribution in [0.5, 0.6) is 0 Å². The van der Waals surface area contributed by atoms with E-state index in [-0.39, 0.29) is 11.3 Å². The second-order valence-electron chi connectivity index (χ2n) is 7.14. The van der Waals surface area contributed by atoms with Gasteiger partial charge in [0, 0.05) is 28.2 Å². The number of nitrogens with one attached hydrogen (secondary N) is 1. The third-order valence-electron chi connectivity index (χ3n) is 5.06. The lowest BCUT2D eigenvalue weighted by Crippen LogP contribution is -2.99. The Kier molecular flexibility index (Phi) is 5.97. The van der Waals surface area contributed by atoms with Crippen LogP contribution in [0.1, 0.15) is 5.56 Å². The quantitative estimate of drug-likeness (QED) is 0.299. The third-order valence-corrected chi connectivity index (χ3v) is 6.23. The number of para-hydroxylation sites is 1. The van der Waals surface area contributed by atoms with Crippen molar-refractivity contribution >= 4 is 28.4 Å². The van der Waals surface area contributed by atoms with Gasteiger partial charge in [0.25, 0.3) is 0 Å². The summed E-state index contributed by atoms with van der Waals surface area (Å²) in [5, 5.41) is 34.2. The minimum atomic E-state index is -4.93. The second kappa shape index (κ2) is 8.57. The molecule has 0 saturated heterocycles. The Morgan fingerprint density at radius 2 is 1.69 bits per heavy atom. The summed E-state index contributed by atoms with van der Waals surface area (Å²) in [4.78, 5) is 0.413. The molecule has 32 heavy (non-hydrogen) atoms. The average molecular weight is 461 g/mol. The fraction of sp³-hybridized carbons (Fsp3) is 0.136. The number of aliphatic hydroxyl groups is 1. The van der Waals surface area contributed by atoms with E-state index in [0.29, 0.717) is 15.8 Å². The lowest BCUT2D eigenvalue weighted by molar-refractivity contribution is -0.991. The molecule has 3 aromatic carbocycles. The number of thioether (sulfide) groups is 1. The largest absolute Gasteiger partial charge is 0.595 e. The molecule has 3 N–H and O–H groups in total. The number of halogens is 3. The monoisotopic (exact) mass is 461 g/mol. The van der Waals surface area contributed by atoms with Crippen LogP contribution >= 0.6 is 11.8 Å². The van der Waals surface area contributed by atoms with Crippen molar-refractivity contribution in [2.24, 2.45) is 0 Å². The van der Waals surface area contributed by atoms with E-state index in [2.05, 4.69) is 5.10 Å². The van der Waals surface area contributed by atoms with E-state index in [4.69, 9.17) is 5.21 Å². The lowest BCUT2D eigenvalue weighted by Gasteiger charge is -2.31. The number of rotatable bonds is 6. The van der Waals surface area contributed by atoms with Gasteiger partial charge >= 0.3 is 6.18 Å². The highest BCUT2D eigenvalue weighted by Crippen LogP contribution is 2.43. The van der Waals surface area contributed by atoms with Gasteiger partial charge in [-0.2, -0.15) is 23.5 Å². The minimum Gasteiger partial charge on any atom is -0.595 e. The van der Waals surface area contributed by atoms with Crippen LogP contribution in [0.4, 0.5) is 18.9 Å². The van der Waals surface area contributed by atoms with Crippen LogP contribution in [0, 0.1) is 5.21 Å². The van der Waals surface area contributed by atoms with Crippen molar-refractivity contribution in [1.29, 1.82) is 0 Å². The molecule has 0 bridgehead atoms. The lowest BCUT2D eigenvalue weighted by atomic mass is 9.94. The molecule has 2 unspecified atom stereocenters. The molecule has 4 aromatic rings. The van der Waals surface area contributed by atoms with Gasteiger partial charge in [0.15, 0.2) is 11.3 Å². The molecule has 1 aromatic heterocycles. The summed E-state index contributed by atoms with van der Waals surface area (Å²) in [6, 6.07) is 18.7. The topological polar surface area (TPSA) is 85.8 Å². The van der Waals surface area contributed by atoms with Crippen LogP contribution in [0.3, 0.4) is 0 Å². The van der Waals surface area contributed by atoms with Crippen LogP contribution in [-0.2, 0) is 5.60 Å².